The van der Waals surface area contributed by atoms with Gasteiger partial charge in [-0.2, -0.15) is 0 Å². The molecule has 5 heteroatoms. The van der Waals surface area contributed by atoms with E-state index in [0.717, 1.165) is 12.3 Å². The van der Waals surface area contributed by atoms with Crippen LogP contribution >= 0.6 is 0 Å². The van der Waals surface area contributed by atoms with Gasteiger partial charge in [0, 0.05) is 13.1 Å². The maximum atomic E-state index is 10.7. The van der Waals surface area contributed by atoms with E-state index in [9.17, 15) is 4.79 Å². The maximum absolute atomic E-state index is 10.7. The fourth-order valence-corrected chi connectivity index (χ4v) is 1.62. The minimum atomic E-state index is -0.904. The molecule has 0 saturated carbocycles. The highest BCUT2D eigenvalue weighted by Crippen LogP contribution is 2.10. The smallest absolute Gasteiger partial charge is 0.334 e. The molecule has 15 heavy (non-hydrogen) atoms. The lowest BCUT2D eigenvalue weighted by molar-refractivity contribution is -0.156. The van der Waals surface area contributed by atoms with Gasteiger partial charge in [0.15, 0.2) is 6.10 Å². The molecule has 82 valence electrons. The van der Waals surface area contributed by atoms with Crippen LogP contribution in [0, 0.1) is 0 Å². The van der Waals surface area contributed by atoms with Gasteiger partial charge in [-0.15, -0.1) is 0 Å². The molecule has 5 nitrogen and oxygen atoms in total. The maximum Gasteiger partial charge on any atom is 0.334 e. The largest absolute Gasteiger partial charge is 0.479 e. The minimum absolute atomic E-state index is 0.413. The first-order valence-electron chi connectivity index (χ1n) is 4.85. The first-order valence-corrected chi connectivity index (χ1v) is 4.85. The van der Waals surface area contributed by atoms with E-state index >= 15 is 0 Å². The summed E-state index contributed by atoms with van der Waals surface area (Å²) in [5, 5.41) is 8.81. The third-order valence-corrected chi connectivity index (χ3v) is 2.39. The molecule has 0 bridgehead atoms. The molecular weight excluding hydrogens is 198 g/mol. The highest BCUT2D eigenvalue weighted by molar-refractivity contribution is 5.72. The van der Waals surface area contributed by atoms with Crippen molar-refractivity contribution in [3.63, 3.8) is 0 Å². The standard InChI is InChI=1S/C10H13NO4/c12-10(13)9-7-11(3-5-15-9)6-8-2-1-4-14-8/h1-2,4,9H,3,5-7H2,(H,12,13)/t9-/m1/s1. The Bertz CT molecular complexity index is 322. The Kier molecular flexibility index (Phi) is 3.03. The van der Waals surface area contributed by atoms with E-state index in [4.69, 9.17) is 14.3 Å². The van der Waals surface area contributed by atoms with Gasteiger partial charge in [0.25, 0.3) is 0 Å². The van der Waals surface area contributed by atoms with E-state index in [1.165, 1.54) is 0 Å². The van der Waals surface area contributed by atoms with Crippen molar-refractivity contribution < 1.29 is 19.1 Å². The number of carboxylic acids is 1. The summed E-state index contributed by atoms with van der Waals surface area (Å²) in [7, 11) is 0. The molecule has 1 N–H and O–H groups in total. The molecule has 2 rings (SSSR count). The van der Waals surface area contributed by atoms with Crippen LogP contribution in [0.3, 0.4) is 0 Å². The predicted octanol–water partition coefficient (Wildman–Crippen LogP) is 0.565. The van der Waals surface area contributed by atoms with Crippen molar-refractivity contribution >= 4 is 5.97 Å². The van der Waals surface area contributed by atoms with E-state index in [2.05, 4.69) is 0 Å². The van der Waals surface area contributed by atoms with Crippen LogP contribution in [0.2, 0.25) is 0 Å². The van der Waals surface area contributed by atoms with Crippen LogP contribution in [0.4, 0.5) is 0 Å². The number of carbonyl (C=O) groups is 1. The molecule has 0 unspecified atom stereocenters. The number of hydrogen-bond donors (Lipinski definition) is 1. The SMILES string of the molecule is O=C(O)[C@H]1CN(Cc2ccco2)CCO1. The molecular formula is C10H13NO4. The summed E-state index contributed by atoms with van der Waals surface area (Å²) < 4.78 is 10.3. The van der Waals surface area contributed by atoms with E-state index in [1.807, 2.05) is 17.0 Å². The molecule has 0 aliphatic carbocycles. The van der Waals surface area contributed by atoms with E-state index in [-0.39, 0.29) is 0 Å². The monoisotopic (exact) mass is 211 g/mol. The zero-order chi connectivity index (χ0) is 10.7. The second-order valence-corrected chi connectivity index (χ2v) is 3.51. The van der Waals surface area contributed by atoms with E-state index in [0.29, 0.717) is 19.7 Å². The van der Waals surface area contributed by atoms with Crippen molar-refractivity contribution in [2.75, 3.05) is 19.7 Å². The zero-order valence-electron chi connectivity index (χ0n) is 8.26. The molecule has 1 aliphatic heterocycles. The van der Waals surface area contributed by atoms with Gasteiger partial charge in [0.1, 0.15) is 5.76 Å². The number of morpholine rings is 1. The number of aliphatic carboxylic acids is 1. The van der Waals surface area contributed by atoms with Gasteiger partial charge in [0.2, 0.25) is 0 Å². The Morgan fingerprint density at radius 1 is 1.67 bits per heavy atom. The third-order valence-electron chi connectivity index (χ3n) is 2.39. The van der Waals surface area contributed by atoms with Crippen molar-refractivity contribution in [3.05, 3.63) is 24.2 Å². The molecule has 1 saturated heterocycles. The van der Waals surface area contributed by atoms with Crippen LogP contribution in [0.15, 0.2) is 22.8 Å². The average molecular weight is 211 g/mol. The second-order valence-electron chi connectivity index (χ2n) is 3.51. The molecule has 1 atom stereocenters. The summed E-state index contributed by atoms with van der Waals surface area (Å²) in [5.41, 5.74) is 0. The van der Waals surface area contributed by atoms with Gasteiger partial charge in [-0.25, -0.2) is 4.79 Å². The Hall–Kier alpha value is -1.33. The predicted molar refractivity (Wildman–Crippen MR) is 51.4 cm³/mol. The summed E-state index contributed by atoms with van der Waals surface area (Å²) in [6, 6.07) is 3.70. The third kappa shape index (κ3) is 2.57. The van der Waals surface area contributed by atoms with Gasteiger partial charge in [-0.3, -0.25) is 4.90 Å². The Labute approximate surface area is 87.2 Å². The molecule has 1 aromatic rings. The lowest BCUT2D eigenvalue weighted by Crippen LogP contribution is -2.45. The summed E-state index contributed by atoms with van der Waals surface area (Å²) in [5.74, 6) is -0.0554. The zero-order valence-corrected chi connectivity index (χ0v) is 8.26. The summed E-state index contributed by atoms with van der Waals surface area (Å²) in [4.78, 5) is 12.7. The normalized spacial score (nSPS) is 22.8. The van der Waals surface area contributed by atoms with Crippen LogP contribution in [-0.2, 0) is 16.1 Å². The fraction of sp³-hybridized carbons (Fsp3) is 0.500. The second kappa shape index (κ2) is 4.46. The lowest BCUT2D eigenvalue weighted by atomic mass is 10.2. The topological polar surface area (TPSA) is 62.9 Å². The van der Waals surface area contributed by atoms with Crippen LogP contribution < -0.4 is 0 Å². The number of hydrogen-bond acceptors (Lipinski definition) is 4. The average Bonchev–Trinajstić information content (AvgIpc) is 2.71. The quantitative estimate of drug-likeness (QED) is 0.791. The van der Waals surface area contributed by atoms with Gasteiger partial charge in [-0.05, 0) is 12.1 Å². The molecule has 1 fully saturated rings. The van der Waals surface area contributed by atoms with E-state index < -0.39 is 12.1 Å². The van der Waals surface area contributed by atoms with E-state index in [1.54, 1.807) is 6.26 Å². The minimum Gasteiger partial charge on any atom is -0.479 e. The fourth-order valence-electron chi connectivity index (χ4n) is 1.62. The summed E-state index contributed by atoms with van der Waals surface area (Å²) >= 11 is 0. The highest BCUT2D eigenvalue weighted by Gasteiger charge is 2.26. The van der Waals surface area contributed by atoms with Gasteiger partial charge >= 0.3 is 5.97 Å². The first kappa shape index (κ1) is 10.2. The number of rotatable bonds is 3. The van der Waals surface area contributed by atoms with Crippen LogP contribution in [0.25, 0.3) is 0 Å². The van der Waals surface area contributed by atoms with Crippen molar-refractivity contribution in [2.45, 2.75) is 12.6 Å². The van der Waals surface area contributed by atoms with Crippen LogP contribution in [0.1, 0.15) is 5.76 Å². The van der Waals surface area contributed by atoms with Crippen molar-refractivity contribution in [1.29, 1.82) is 0 Å². The van der Waals surface area contributed by atoms with Gasteiger partial charge in [0.05, 0.1) is 19.4 Å². The molecule has 0 amide bonds. The van der Waals surface area contributed by atoms with Gasteiger partial charge in [-0.1, -0.05) is 0 Å². The Morgan fingerprint density at radius 2 is 2.53 bits per heavy atom. The summed E-state index contributed by atoms with van der Waals surface area (Å²) in [6.45, 7) is 2.25. The number of furan rings is 1. The molecule has 0 spiro atoms. The number of ether oxygens (including phenoxy) is 1. The van der Waals surface area contributed by atoms with Crippen LogP contribution in [0.5, 0.6) is 0 Å². The first-order chi connectivity index (χ1) is 7.25. The molecule has 1 aliphatic rings. The van der Waals surface area contributed by atoms with Crippen molar-refractivity contribution in [1.82, 2.24) is 4.90 Å². The Balaban J connectivity index is 1.90. The van der Waals surface area contributed by atoms with Gasteiger partial charge < -0.3 is 14.3 Å². The molecule has 2 heterocycles. The molecule has 0 aromatic carbocycles. The summed E-state index contributed by atoms with van der Waals surface area (Å²) in [6.07, 6.45) is 0.901. The Morgan fingerprint density at radius 3 is 3.20 bits per heavy atom. The number of carboxylic acid groups (broad SMARTS) is 1. The van der Waals surface area contributed by atoms with Crippen LogP contribution in [-0.4, -0.2) is 41.8 Å². The lowest BCUT2D eigenvalue weighted by Gasteiger charge is -2.29. The molecule has 1 aromatic heterocycles. The van der Waals surface area contributed by atoms with Crippen molar-refractivity contribution in [3.8, 4) is 0 Å². The molecule has 0 radical (unpaired) electrons. The highest BCUT2D eigenvalue weighted by atomic mass is 16.5. The van der Waals surface area contributed by atoms with Crippen molar-refractivity contribution in [2.24, 2.45) is 0 Å². The number of nitrogens with zero attached hydrogens (tertiary/aromatic N) is 1.